The largest absolute Gasteiger partial charge is 0.481 e. The molecule has 0 saturated carbocycles. The minimum Gasteiger partial charge on any atom is -0.481 e. The number of imidazole rings is 1. The lowest BCUT2D eigenvalue weighted by molar-refractivity contribution is -0.147. The van der Waals surface area contributed by atoms with E-state index in [0.717, 1.165) is 0 Å². The van der Waals surface area contributed by atoms with Crippen molar-refractivity contribution >= 4 is 35.6 Å². The van der Waals surface area contributed by atoms with Crippen LogP contribution in [0.15, 0.2) is 17.5 Å². The second-order valence-corrected chi connectivity index (χ2v) is 8.77. The molecule has 5 unspecified atom stereocenters. The van der Waals surface area contributed by atoms with Crippen molar-refractivity contribution in [1.29, 1.82) is 0 Å². The second-order valence-electron chi connectivity index (χ2n) is 8.77. The Morgan fingerprint density at radius 1 is 1.05 bits per heavy atom. The van der Waals surface area contributed by atoms with Gasteiger partial charge in [-0.3, -0.25) is 24.2 Å². The lowest BCUT2D eigenvalue weighted by Gasteiger charge is -2.28. The van der Waals surface area contributed by atoms with Crippen LogP contribution in [0.1, 0.15) is 45.2 Å². The molecule has 0 fully saturated rings. The first-order valence-corrected chi connectivity index (χ1v) is 12.0. The fourth-order valence-electron chi connectivity index (χ4n) is 3.35. The molecule has 5 atom stereocenters. The van der Waals surface area contributed by atoms with Gasteiger partial charge in [0.15, 0.2) is 5.96 Å². The highest BCUT2D eigenvalue weighted by molar-refractivity contribution is 5.94. The third-order valence-corrected chi connectivity index (χ3v) is 5.70. The molecule has 212 valence electrons. The molecule has 16 nitrogen and oxygen atoms in total. The number of nitrogens with zero attached hydrogens (tertiary/aromatic N) is 2. The van der Waals surface area contributed by atoms with E-state index in [9.17, 15) is 29.1 Å². The van der Waals surface area contributed by atoms with Crippen LogP contribution in [-0.2, 0) is 30.4 Å². The zero-order valence-electron chi connectivity index (χ0n) is 21.3. The molecule has 0 bridgehead atoms. The summed E-state index contributed by atoms with van der Waals surface area (Å²) in [5, 5.41) is 25.5. The predicted molar refractivity (Wildman–Crippen MR) is 135 cm³/mol. The zero-order chi connectivity index (χ0) is 28.8. The minimum atomic E-state index is -1.69. The van der Waals surface area contributed by atoms with Gasteiger partial charge in [-0.1, -0.05) is 20.3 Å². The van der Waals surface area contributed by atoms with E-state index >= 15 is 0 Å². The fourth-order valence-corrected chi connectivity index (χ4v) is 3.35. The Balaban J connectivity index is 3.02. The normalized spacial score (nSPS) is 14.7. The molecule has 38 heavy (non-hydrogen) atoms. The summed E-state index contributed by atoms with van der Waals surface area (Å²) in [6, 6.07) is -5.04. The second kappa shape index (κ2) is 15.8. The summed E-state index contributed by atoms with van der Waals surface area (Å²) in [7, 11) is 0. The van der Waals surface area contributed by atoms with E-state index in [1.807, 2.05) is 0 Å². The van der Waals surface area contributed by atoms with E-state index in [1.54, 1.807) is 13.8 Å². The average molecular weight is 540 g/mol. The van der Waals surface area contributed by atoms with Gasteiger partial charge in [-0.25, -0.2) is 9.78 Å². The maximum absolute atomic E-state index is 13.3. The number of hydrogen-bond acceptors (Lipinski definition) is 8. The van der Waals surface area contributed by atoms with Crippen molar-refractivity contribution in [3.05, 3.63) is 18.2 Å². The van der Waals surface area contributed by atoms with E-state index in [-0.39, 0.29) is 25.3 Å². The van der Waals surface area contributed by atoms with E-state index < -0.39 is 66.2 Å². The smallest absolute Gasteiger partial charge is 0.326 e. The van der Waals surface area contributed by atoms with Crippen LogP contribution >= 0.6 is 0 Å². The SMILES string of the molecule is CCC(C)C(NC(=O)C(Cc1cnc[nH]1)NC(=O)C(N)CCCN=C(N)N)C(=O)NC(CC(=O)O)C(=O)O. The molecule has 0 aliphatic carbocycles. The summed E-state index contributed by atoms with van der Waals surface area (Å²) >= 11 is 0. The van der Waals surface area contributed by atoms with E-state index in [4.69, 9.17) is 22.3 Å². The summed E-state index contributed by atoms with van der Waals surface area (Å²) in [4.78, 5) is 71.8. The van der Waals surface area contributed by atoms with Gasteiger partial charge in [0.05, 0.1) is 18.8 Å². The summed E-state index contributed by atoms with van der Waals surface area (Å²) in [6.07, 6.45) is 3.08. The molecule has 0 aliphatic heterocycles. The van der Waals surface area contributed by atoms with Crippen molar-refractivity contribution in [3.8, 4) is 0 Å². The highest BCUT2D eigenvalue weighted by atomic mass is 16.4. The molecular formula is C22H37N9O7. The first-order valence-electron chi connectivity index (χ1n) is 12.0. The number of aromatic amines is 1. The number of carboxylic acid groups (broad SMARTS) is 2. The highest BCUT2D eigenvalue weighted by Gasteiger charge is 2.33. The molecule has 1 aromatic rings. The Labute approximate surface area is 219 Å². The zero-order valence-corrected chi connectivity index (χ0v) is 21.3. The van der Waals surface area contributed by atoms with Crippen LogP contribution in [-0.4, -0.2) is 86.5 Å². The van der Waals surface area contributed by atoms with Gasteiger partial charge >= 0.3 is 11.9 Å². The van der Waals surface area contributed by atoms with Gasteiger partial charge in [0.1, 0.15) is 18.1 Å². The van der Waals surface area contributed by atoms with Crippen LogP contribution in [0.25, 0.3) is 0 Å². The van der Waals surface area contributed by atoms with E-state index in [0.29, 0.717) is 18.5 Å². The van der Waals surface area contributed by atoms with E-state index in [2.05, 4.69) is 30.9 Å². The summed E-state index contributed by atoms with van der Waals surface area (Å²) < 4.78 is 0. The Hall–Kier alpha value is -4.21. The number of hydrogen-bond donors (Lipinski definition) is 9. The molecular weight excluding hydrogens is 502 g/mol. The molecule has 1 heterocycles. The Morgan fingerprint density at radius 3 is 2.24 bits per heavy atom. The standard InChI is InChI=1S/C22H37N9O7/c1-3-11(2)17(20(36)30-15(21(37)38)8-16(32)33)31-19(35)14(7-12-9-26-10-28-12)29-18(34)13(23)5-4-6-27-22(24)25/h9-11,13-15,17H,3-8,23H2,1-2H3,(H,26,28)(H,29,34)(H,30,36)(H,31,35)(H,32,33)(H,37,38)(H4,24,25,27). The molecule has 0 spiro atoms. The number of nitrogens with two attached hydrogens (primary N) is 3. The molecule has 16 heteroatoms. The predicted octanol–water partition coefficient (Wildman–Crippen LogP) is -2.61. The third-order valence-electron chi connectivity index (χ3n) is 5.70. The quantitative estimate of drug-likeness (QED) is 0.0561. The Morgan fingerprint density at radius 2 is 1.71 bits per heavy atom. The lowest BCUT2D eigenvalue weighted by Crippen LogP contribution is -2.59. The number of nitrogens with one attached hydrogen (secondary N) is 4. The van der Waals surface area contributed by atoms with Gasteiger partial charge in [0, 0.05) is 24.9 Å². The number of aliphatic imine (C=N–C) groups is 1. The van der Waals surface area contributed by atoms with Crippen LogP contribution < -0.4 is 33.2 Å². The number of carbonyl (C=O) groups is 5. The molecule has 0 aromatic carbocycles. The highest BCUT2D eigenvalue weighted by Crippen LogP contribution is 2.11. The van der Waals surface area contributed by atoms with Gasteiger partial charge in [0.25, 0.3) is 0 Å². The van der Waals surface area contributed by atoms with Gasteiger partial charge < -0.3 is 48.3 Å². The average Bonchev–Trinajstić information content (AvgIpc) is 3.36. The minimum absolute atomic E-state index is 0.0100. The number of H-pyrrole nitrogens is 1. The molecule has 1 rings (SSSR count). The number of carbonyl (C=O) groups excluding carboxylic acids is 3. The molecule has 0 radical (unpaired) electrons. The van der Waals surface area contributed by atoms with Crippen molar-refractivity contribution in [1.82, 2.24) is 25.9 Å². The molecule has 12 N–H and O–H groups in total. The van der Waals surface area contributed by atoms with Crippen molar-refractivity contribution < 1.29 is 34.2 Å². The first kappa shape index (κ1) is 31.8. The van der Waals surface area contributed by atoms with Crippen molar-refractivity contribution in [2.24, 2.45) is 28.1 Å². The van der Waals surface area contributed by atoms with Crippen LogP contribution in [0.4, 0.5) is 0 Å². The number of guanidine groups is 1. The number of aliphatic carboxylic acids is 2. The lowest BCUT2D eigenvalue weighted by atomic mass is 9.97. The number of carboxylic acids is 2. The van der Waals surface area contributed by atoms with Crippen molar-refractivity contribution in [3.63, 3.8) is 0 Å². The third kappa shape index (κ3) is 11.2. The van der Waals surface area contributed by atoms with Gasteiger partial charge in [-0.15, -0.1) is 0 Å². The Bertz CT molecular complexity index is 980. The van der Waals surface area contributed by atoms with Crippen LogP contribution in [0.3, 0.4) is 0 Å². The molecule has 3 amide bonds. The van der Waals surface area contributed by atoms with Crippen LogP contribution in [0, 0.1) is 5.92 Å². The van der Waals surface area contributed by atoms with Gasteiger partial charge in [0.2, 0.25) is 17.7 Å². The maximum Gasteiger partial charge on any atom is 0.326 e. The number of aromatic nitrogens is 2. The maximum atomic E-state index is 13.3. The number of rotatable bonds is 17. The topological polar surface area (TPSA) is 281 Å². The van der Waals surface area contributed by atoms with Gasteiger partial charge in [-0.2, -0.15) is 0 Å². The van der Waals surface area contributed by atoms with Crippen molar-refractivity contribution in [2.45, 2.75) is 70.1 Å². The van der Waals surface area contributed by atoms with E-state index in [1.165, 1.54) is 12.5 Å². The summed E-state index contributed by atoms with van der Waals surface area (Å²) in [5.74, 6) is -5.72. The van der Waals surface area contributed by atoms with Crippen LogP contribution in [0.2, 0.25) is 0 Å². The van der Waals surface area contributed by atoms with Gasteiger partial charge in [-0.05, 0) is 18.8 Å². The summed E-state index contributed by atoms with van der Waals surface area (Å²) in [6.45, 7) is 3.69. The van der Waals surface area contributed by atoms with Crippen LogP contribution in [0.5, 0.6) is 0 Å². The molecule has 1 aromatic heterocycles. The summed E-state index contributed by atoms with van der Waals surface area (Å²) in [5.41, 5.74) is 17.0. The molecule has 0 aliphatic rings. The molecule has 0 saturated heterocycles. The number of amides is 3. The Kier molecular flexibility index (Phi) is 13.2. The van der Waals surface area contributed by atoms with Crippen molar-refractivity contribution in [2.75, 3.05) is 6.54 Å². The first-order chi connectivity index (χ1) is 17.8. The fraction of sp³-hybridized carbons (Fsp3) is 0.591. The monoisotopic (exact) mass is 539 g/mol.